The number of rotatable bonds is 6. The summed E-state index contributed by atoms with van der Waals surface area (Å²) in [6.45, 7) is 8.06. The van der Waals surface area contributed by atoms with Crippen molar-refractivity contribution in [2.75, 3.05) is 41.9 Å². The van der Waals surface area contributed by atoms with Gasteiger partial charge in [-0.25, -0.2) is 8.42 Å². The number of benzene rings is 3. The van der Waals surface area contributed by atoms with E-state index in [1.54, 1.807) is 35.2 Å². The highest BCUT2D eigenvalue weighted by Gasteiger charge is 2.31. The molecule has 3 aromatic rings. The maximum Gasteiger partial charge on any atom is 0.264 e. The van der Waals surface area contributed by atoms with Gasteiger partial charge in [0.05, 0.1) is 10.6 Å². The maximum atomic E-state index is 13.7. The van der Waals surface area contributed by atoms with Crippen LogP contribution in [0.2, 0.25) is 0 Å². The van der Waals surface area contributed by atoms with Gasteiger partial charge in [-0.3, -0.25) is 9.10 Å². The number of para-hydroxylation sites is 1. The van der Waals surface area contributed by atoms with E-state index in [1.807, 2.05) is 51.1 Å². The number of anilines is 2. The Balaban J connectivity index is 1.58. The number of nitrogens with zero attached hydrogens (tertiary/aromatic N) is 3. The van der Waals surface area contributed by atoms with Crippen molar-refractivity contribution >= 4 is 27.3 Å². The van der Waals surface area contributed by atoms with Crippen LogP contribution in [0.3, 0.4) is 0 Å². The number of amides is 1. The molecule has 0 spiro atoms. The first-order valence-corrected chi connectivity index (χ1v) is 12.9. The molecule has 0 atom stereocenters. The van der Waals surface area contributed by atoms with Crippen LogP contribution in [-0.2, 0) is 14.8 Å². The lowest BCUT2D eigenvalue weighted by Gasteiger charge is -2.37. The number of carbonyl (C=O) groups is 1. The van der Waals surface area contributed by atoms with Gasteiger partial charge in [0.1, 0.15) is 6.54 Å². The van der Waals surface area contributed by atoms with Gasteiger partial charge in [0.15, 0.2) is 0 Å². The molecular weight excluding hydrogens is 446 g/mol. The van der Waals surface area contributed by atoms with Crippen molar-refractivity contribution < 1.29 is 13.2 Å². The van der Waals surface area contributed by atoms with Crippen molar-refractivity contribution in [2.24, 2.45) is 0 Å². The van der Waals surface area contributed by atoms with E-state index in [4.69, 9.17) is 0 Å². The van der Waals surface area contributed by atoms with Gasteiger partial charge < -0.3 is 9.80 Å². The Hall–Kier alpha value is -3.32. The van der Waals surface area contributed by atoms with E-state index in [0.717, 1.165) is 22.4 Å². The van der Waals surface area contributed by atoms with E-state index in [-0.39, 0.29) is 17.3 Å². The smallest absolute Gasteiger partial charge is 0.264 e. The minimum atomic E-state index is -3.92. The van der Waals surface area contributed by atoms with Crippen molar-refractivity contribution in [2.45, 2.75) is 25.7 Å². The first-order chi connectivity index (χ1) is 16.3. The van der Waals surface area contributed by atoms with Crippen LogP contribution >= 0.6 is 0 Å². The molecule has 0 N–H and O–H groups in total. The fourth-order valence-corrected chi connectivity index (χ4v) is 5.69. The number of hydrogen-bond acceptors (Lipinski definition) is 4. The van der Waals surface area contributed by atoms with E-state index in [2.05, 4.69) is 17.0 Å². The molecule has 1 fully saturated rings. The van der Waals surface area contributed by atoms with Crippen molar-refractivity contribution in [3.05, 3.63) is 89.5 Å². The zero-order valence-electron chi connectivity index (χ0n) is 19.9. The molecular formula is C27H31N3O3S. The molecule has 0 saturated carbocycles. The highest BCUT2D eigenvalue weighted by molar-refractivity contribution is 7.92. The Kier molecular flexibility index (Phi) is 6.93. The molecule has 34 heavy (non-hydrogen) atoms. The molecule has 1 aliphatic rings. The zero-order valence-corrected chi connectivity index (χ0v) is 20.8. The van der Waals surface area contributed by atoms with Crippen molar-refractivity contribution in [1.82, 2.24) is 4.90 Å². The largest absolute Gasteiger partial charge is 0.368 e. The molecule has 7 heteroatoms. The second kappa shape index (κ2) is 9.89. The highest BCUT2D eigenvalue weighted by atomic mass is 32.2. The molecule has 0 aromatic heterocycles. The van der Waals surface area contributed by atoms with Crippen LogP contribution in [-0.4, -0.2) is 51.9 Å². The van der Waals surface area contributed by atoms with Gasteiger partial charge >= 0.3 is 0 Å². The van der Waals surface area contributed by atoms with Crippen LogP contribution < -0.4 is 9.21 Å². The monoisotopic (exact) mass is 477 g/mol. The Bertz CT molecular complexity index is 1250. The third-order valence-electron chi connectivity index (χ3n) is 6.49. The van der Waals surface area contributed by atoms with Crippen LogP contribution in [0.4, 0.5) is 11.4 Å². The van der Waals surface area contributed by atoms with Crippen LogP contribution in [0.25, 0.3) is 0 Å². The van der Waals surface area contributed by atoms with E-state index in [0.29, 0.717) is 31.9 Å². The topological polar surface area (TPSA) is 60.9 Å². The summed E-state index contributed by atoms with van der Waals surface area (Å²) >= 11 is 0. The molecule has 0 radical (unpaired) electrons. The van der Waals surface area contributed by atoms with Gasteiger partial charge in [0.25, 0.3) is 10.0 Å². The first kappa shape index (κ1) is 23.8. The Labute approximate surface area is 202 Å². The lowest BCUT2D eigenvalue weighted by molar-refractivity contribution is -0.129. The molecule has 0 unspecified atom stereocenters. The van der Waals surface area contributed by atoms with E-state index >= 15 is 0 Å². The fourth-order valence-electron chi connectivity index (χ4n) is 4.22. The lowest BCUT2D eigenvalue weighted by Crippen LogP contribution is -2.52. The van der Waals surface area contributed by atoms with Gasteiger partial charge in [-0.1, -0.05) is 48.0 Å². The molecule has 0 bridgehead atoms. The number of carbonyl (C=O) groups excluding carboxylic acids is 1. The zero-order chi connectivity index (χ0) is 24.3. The quantitative estimate of drug-likeness (QED) is 0.535. The highest BCUT2D eigenvalue weighted by Crippen LogP contribution is 2.29. The first-order valence-electron chi connectivity index (χ1n) is 11.5. The molecule has 4 rings (SSSR count). The average Bonchev–Trinajstić information content (AvgIpc) is 2.85. The summed E-state index contributed by atoms with van der Waals surface area (Å²) in [5.41, 5.74) is 4.47. The summed E-state index contributed by atoms with van der Waals surface area (Å²) in [7, 11) is -3.92. The van der Waals surface area contributed by atoms with Crippen molar-refractivity contribution in [3.8, 4) is 0 Å². The lowest BCUT2D eigenvalue weighted by atomic mass is 10.1. The van der Waals surface area contributed by atoms with Crippen LogP contribution in [0.5, 0.6) is 0 Å². The average molecular weight is 478 g/mol. The third-order valence-corrected chi connectivity index (χ3v) is 8.26. The van der Waals surface area contributed by atoms with Gasteiger partial charge in [-0.2, -0.15) is 0 Å². The Morgan fingerprint density at radius 1 is 0.824 bits per heavy atom. The predicted molar refractivity (Wildman–Crippen MR) is 137 cm³/mol. The van der Waals surface area contributed by atoms with Gasteiger partial charge in [0.2, 0.25) is 5.91 Å². The van der Waals surface area contributed by atoms with E-state index in [1.165, 1.54) is 4.31 Å². The molecule has 1 amide bonds. The van der Waals surface area contributed by atoms with Crippen molar-refractivity contribution in [1.29, 1.82) is 0 Å². The number of sulfonamides is 1. The third kappa shape index (κ3) is 4.94. The molecule has 6 nitrogen and oxygen atoms in total. The van der Waals surface area contributed by atoms with Gasteiger partial charge in [-0.05, 0) is 62.2 Å². The second-order valence-electron chi connectivity index (χ2n) is 8.75. The molecule has 1 aliphatic heterocycles. The summed E-state index contributed by atoms with van der Waals surface area (Å²) in [6.07, 6.45) is 0. The number of piperazine rings is 1. The summed E-state index contributed by atoms with van der Waals surface area (Å²) in [5, 5.41) is 0. The number of aryl methyl sites for hydroxylation is 2. The maximum absolute atomic E-state index is 13.7. The fraction of sp³-hybridized carbons (Fsp3) is 0.296. The number of hydrogen-bond donors (Lipinski definition) is 0. The van der Waals surface area contributed by atoms with Crippen LogP contribution in [0.15, 0.2) is 77.7 Å². The SMILES string of the molecule is Cc1ccc(S(=O)(=O)N(CC(=O)N2CCN(c3ccccc3)CC2)c2cccc(C)c2C)cc1. The molecule has 1 saturated heterocycles. The Morgan fingerprint density at radius 3 is 2.12 bits per heavy atom. The normalized spacial score (nSPS) is 14.2. The minimum absolute atomic E-state index is 0.181. The van der Waals surface area contributed by atoms with Crippen LogP contribution in [0.1, 0.15) is 16.7 Å². The van der Waals surface area contributed by atoms with Crippen LogP contribution in [0, 0.1) is 20.8 Å². The van der Waals surface area contributed by atoms with E-state index in [9.17, 15) is 13.2 Å². The summed E-state index contributed by atoms with van der Waals surface area (Å²) in [4.78, 5) is 17.5. The standard InChI is InChI=1S/C27H31N3O3S/c1-21-12-14-25(15-13-21)34(32,33)30(26-11-7-8-22(2)23(26)3)20-27(31)29-18-16-28(17-19-29)24-9-5-4-6-10-24/h4-15H,16-20H2,1-3H3. The second-order valence-corrected chi connectivity index (χ2v) is 10.6. The summed E-state index contributed by atoms with van der Waals surface area (Å²) in [6, 6.07) is 22.4. The van der Waals surface area contributed by atoms with Gasteiger partial charge in [-0.15, -0.1) is 0 Å². The molecule has 3 aromatic carbocycles. The van der Waals surface area contributed by atoms with E-state index < -0.39 is 10.0 Å². The molecule has 178 valence electrons. The Morgan fingerprint density at radius 2 is 1.47 bits per heavy atom. The van der Waals surface area contributed by atoms with Gasteiger partial charge in [0, 0.05) is 31.9 Å². The predicted octanol–water partition coefficient (Wildman–Crippen LogP) is 4.16. The molecule has 1 heterocycles. The minimum Gasteiger partial charge on any atom is -0.368 e. The molecule has 0 aliphatic carbocycles. The summed E-state index contributed by atoms with van der Waals surface area (Å²) < 4.78 is 28.7. The summed E-state index contributed by atoms with van der Waals surface area (Å²) in [5.74, 6) is -0.190. The van der Waals surface area contributed by atoms with Crippen molar-refractivity contribution in [3.63, 3.8) is 0 Å².